The lowest BCUT2D eigenvalue weighted by Gasteiger charge is -2.10. The summed E-state index contributed by atoms with van der Waals surface area (Å²) in [7, 11) is 0. The van der Waals surface area contributed by atoms with Crippen molar-refractivity contribution < 1.29 is 14.1 Å². The number of aryl methyl sites for hydroxylation is 2. The van der Waals surface area contributed by atoms with Gasteiger partial charge in [0.15, 0.2) is 6.61 Å². The van der Waals surface area contributed by atoms with Crippen molar-refractivity contribution in [2.24, 2.45) is 0 Å². The van der Waals surface area contributed by atoms with Crippen molar-refractivity contribution in [1.82, 2.24) is 15.1 Å². The Balaban J connectivity index is 1.56. The molecule has 0 spiro atoms. The van der Waals surface area contributed by atoms with E-state index in [1.165, 1.54) is 6.33 Å². The van der Waals surface area contributed by atoms with Gasteiger partial charge in [-0.3, -0.25) is 4.79 Å². The fourth-order valence-electron chi connectivity index (χ4n) is 2.85. The minimum atomic E-state index is -0.279. The maximum atomic E-state index is 12.4. The number of nitrogens with zero attached hydrogens (tertiary/aromatic N) is 3. The molecule has 4 aromatic rings. The Kier molecular flexibility index (Phi) is 4.72. The molecule has 0 atom stereocenters. The topological polar surface area (TPSA) is 90.1 Å². The molecule has 2 heterocycles. The molecule has 0 aliphatic carbocycles. The SMILES string of the molecule is Cc1ccc(C)c(NC(=O)COc2ncnc3onc(-c4ccccc4)c23)c1. The third-order valence-corrected chi connectivity index (χ3v) is 4.29. The van der Waals surface area contributed by atoms with E-state index in [4.69, 9.17) is 9.26 Å². The number of aromatic nitrogens is 3. The van der Waals surface area contributed by atoms with Crippen LogP contribution in [0.5, 0.6) is 5.88 Å². The molecular weight excluding hydrogens is 356 g/mol. The van der Waals surface area contributed by atoms with Crippen LogP contribution >= 0.6 is 0 Å². The minimum absolute atomic E-state index is 0.196. The summed E-state index contributed by atoms with van der Waals surface area (Å²) in [5.41, 5.74) is 4.53. The first-order valence-electron chi connectivity index (χ1n) is 8.77. The van der Waals surface area contributed by atoms with Crippen LogP contribution in [0.2, 0.25) is 0 Å². The van der Waals surface area contributed by atoms with Crippen LogP contribution in [0.4, 0.5) is 5.69 Å². The average molecular weight is 374 g/mol. The molecule has 140 valence electrons. The summed E-state index contributed by atoms with van der Waals surface area (Å²) in [6.07, 6.45) is 1.32. The highest BCUT2D eigenvalue weighted by Gasteiger charge is 2.18. The maximum absolute atomic E-state index is 12.4. The molecule has 0 radical (unpaired) electrons. The third kappa shape index (κ3) is 3.55. The van der Waals surface area contributed by atoms with Gasteiger partial charge in [0.2, 0.25) is 5.88 Å². The van der Waals surface area contributed by atoms with E-state index in [2.05, 4.69) is 20.4 Å². The maximum Gasteiger partial charge on any atom is 0.265 e. The Morgan fingerprint density at radius 3 is 2.75 bits per heavy atom. The highest BCUT2D eigenvalue weighted by atomic mass is 16.5. The fourth-order valence-corrected chi connectivity index (χ4v) is 2.85. The van der Waals surface area contributed by atoms with Crippen LogP contribution in [0.3, 0.4) is 0 Å². The van der Waals surface area contributed by atoms with E-state index in [1.807, 2.05) is 62.4 Å². The molecule has 0 saturated heterocycles. The summed E-state index contributed by atoms with van der Waals surface area (Å²) >= 11 is 0. The molecule has 2 aromatic heterocycles. The summed E-state index contributed by atoms with van der Waals surface area (Å²) < 4.78 is 11.0. The number of carbonyl (C=O) groups is 1. The van der Waals surface area contributed by atoms with E-state index < -0.39 is 0 Å². The van der Waals surface area contributed by atoms with E-state index in [1.54, 1.807) is 0 Å². The molecule has 7 heteroatoms. The Hall–Kier alpha value is -3.74. The van der Waals surface area contributed by atoms with Gasteiger partial charge in [0.25, 0.3) is 11.6 Å². The van der Waals surface area contributed by atoms with Gasteiger partial charge in [-0.1, -0.05) is 47.6 Å². The first kappa shape index (κ1) is 17.7. The predicted molar refractivity (Wildman–Crippen MR) is 105 cm³/mol. The van der Waals surface area contributed by atoms with Crippen molar-refractivity contribution in [2.45, 2.75) is 13.8 Å². The van der Waals surface area contributed by atoms with E-state index in [9.17, 15) is 4.79 Å². The average Bonchev–Trinajstić information content (AvgIpc) is 3.15. The van der Waals surface area contributed by atoms with Gasteiger partial charge in [0, 0.05) is 11.3 Å². The van der Waals surface area contributed by atoms with Gasteiger partial charge in [-0.2, -0.15) is 4.98 Å². The Labute approximate surface area is 161 Å². The molecule has 0 aliphatic rings. The Bertz CT molecular complexity index is 1140. The van der Waals surface area contributed by atoms with E-state index in [0.717, 1.165) is 22.4 Å². The van der Waals surface area contributed by atoms with Crippen molar-refractivity contribution in [1.29, 1.82) is 0 Å². The highest BCUT2D eigenvalue weighted by Crippen LogP contribution is 2.32. The van der Waals surface area contributed by atoms with Crippen molar-refractivity contribution in [3.05, 3.63) is 66.0 Å². The monoisotopic (exact) mass is 374 g/mol. The van der Waals surface area contributed by atoms with Gasteiger partial charge >= 0.3 is 0 Å². The van der Waals surface area contributed by atoms with Crippen LogP contribution in [-0.2, 0) is 4.79 Å². The second-order valence-corrected chi connectivity index (χ2v) is 6.41. The fraction of sp³-hybridized carbons (Fsp3) is 0.143. The van der Waals surface area contributed by atoms with Gasteiger partial charge in [-0.15, -0.1) is 0 Å². The Morgan fingerprint density at radius 2 is 1.93 bits per heavy atom. The van der Waals surface area contributed by atoms with Crippen molar-refractivity contribution in [3.8, 4) is 17.1 Å². The number of rotatable bonds is 5. The molecule has 28 heavy (non-hydrogen) atoms. The van der Waals surface area contributed by atoms with Gasteiger partial charge in [-0.25, -0.2) is 4.98 Å². The second-order valence-electron chi connectivity index (χ2n) is 6.41. The second kappa shape index (κ2) is 7.48. The molecule has 7 nitrogen and oxygen atoms in total. The van der Waals surface area contributed by atoms with Crippen molar-refractivity contribution in [2.75, 3.05) is 11.9 Å². The highest BCUT2D eigenvalue weighted by molar-refractivity contribution is 5.95. The van der Waals surface area contributed by atoms with Crippen LogP contribution in [0.1, 0.15) is 11.1 Å². The number of amides is 1. The van der Waals surface area contributed by atoms with Crippen LogP contribution in [-0.4, -0.2) is 27.6 Å². The van der Waals surface area contributed by atoms with Gasteiger partial charge < -0.3 is 14.6 Å². The zero-order chi connectivity index (χ0) is 19.5. The lowest BCUT2D eigenvalue weighted by Crippen LogP contribution is -2.21. The number of benzene rings is 2. The molecule has 1 amide bonds. The summed E-state index contributed by atoms with van der Waals surface area (Å²) in [4.78, 5) is 20.6. The largest absolute Gasteiger partial charge is 0.467 e. The summed E-state index contributed by atoms with van der Waals surface area (Å²) in [5, 5.41) is 7.48. The zero-order valence-electron chi connectivity index (χ0n) is 15.5. The van der Waals surface area contributed by atoms with Gasteiger partial charge in [-0.05, 0) is 31.0 Å². The number of anilines is 1. The number of ether oxygens (including phenoxy) is 1. The number of carbonyl (C=O) groups excluding carboxylic acids is 1. The van der Waals surface area contributed by atoms with E-state index in [-0.39, 0.29) is 18.4 Å². The van der Waals surface area contributed by atoms with E-state index in [0.29, 0.717) is 16.8 Å². The number of hydrogen-bond donors (Lipinski definition) is 1. The molecule has 0 fully saturated rings. The molecule has 4 rings (SSSR count). The van der Waals surface area contributed by atoms with E-state index >= 15 is 0 Å². The predicted octanol–water partition coefficient (Wildman–Crippen LogP) is 3.92. The normalized spacial score (nSPS) is 10.8. The molecule has 0 bridgehead atoms. The van der Waals surface area contributed by atoms with Gasteiger partial charge in [0.1, 0.15) is 17.4 Å². The number of hydrogen-bond acceptors (Lipinski definition) is 6. The molecule has 0 aliphatic heterocycles. The zero-order valence-corrected chi connectivity index (χ0v) is 15.5. The number of fused-ring (bicyclic) bond motifs is 1. The molecular formula is C21H18N4O3. The smallest absolute Gasteiger partial charge is 0.265 e. The summed E-state index contributed by atoms with van der Waals surface area (Å²) in [6, 6.07) is 15.4. The lowest BCUT2D eigenvalue weighted by atomic mass is 10.1. The molecule has 0 unspecified atom stereocenters. The Morgan fingerprint density at radius 1 is 1.11 bits per heavy atom. The van der Waals surface area contributed by atoms with Crippen LogP contribution < -0.4 is 10.1 Å². The first-order valence-corrected chi connectivity index (χ1v) is 8.77. The van der Waals surface area contributed by atoms with Crippen LogP contribution in [0.15, 0.2) is 59.4 Å². The van der Waals surface area contributed by atoms with Crippen molar-refractivity contribution in [3.63, 3.8) is 0 Å². The van der Waals surface area contributed by atoms with Crippen LogP contribution in [0.25, 0.3) is 22.4 Å². The molecule has 2 aromatic carbocycles. The van der Waals surface area contributed by atoms with Crippen LogP contribution in [0, 0.1) is 13.8 Å². The third-order valence-electron chi connectivity index (χ3n) is 4.29. The molecule has 1 N–H and O–H groups in total. The minimum Gasteiger partial charge on any atom is -0.467 e. The first-order chi connectivity index (χ1) is 13.6. The summed E-state index contributed by atoms with van der Waals surface area (Å²) in [6.45, 7) is 3.71. The summed E-state index contributed by atoms with van der Waals surface area (Å²) in [5.74, 6) is -0.0283. The van der Waals surface area contributed by atoms with Gasteiger partial charge in [0.05, 0.1) is 0 Å². The molecule has 0 saturated carbocycles. The van der Waals surface area contributed by atoms with Crippen molar-refractivity contribution >= 4 is 22.7 Å². The standard InChI is InChI=1S/C21H18N4O3/c1-13-8-9-14(2)16(10-13)24-17(26)11-27-20-18-19(15-6-4-3-5-7-15)25-28-21(18)23-12-22-20/h3-10,12H,11H2,1-2H3,(H,24,26). The lowest BCUT2D eigenvalue weighted by molar-refractivity contribution is -0.118. The quantitative estimate of drug-likeness (QED) is 0.569. The number of nitrogens with one attached hydrogen (secondary N) is 1.